The number of anilines is 2. The van der Waals surface area contributed by atoms with Gasteiger partial charge >= 0.3 is 0 Å². The summed E-state index contributed by atoms with van der Waals surface area (Å²) >= 11 is 18.8. The highest BCUT2D eigenvalue weighted by Crippen LogP contribution is 2.45. The van der Waals surface area contributed by atoms with Crippen molar-refractivity contribution in [2.45, 2.75) is 6.54 Å². The topological polar surface area (TPSA) is 69.7 Å². The predicted octanol–water partition coefficient (Wildman–Crippen LogP) is 5.75. The maximum absolute atomic E-state index is 13.6. The predicted molar refractivity (Wildman–Crippen MR) is 148 cm³/mol. The van der Waals surface area contributed by atoms with E-state index in [4.69, 9.17) is 35.4 Å². The Hall–Kier alpha value is -3.17. The van der Waals surface area contributed by atoms with Crippen molar-refractivity contribution in [2.24, 2.45) is 0 Å². The fraction of sp³-hybridized carbons (Fsp3) is 0.0769. The Balaban J connectivity index is 1.44. The SMILES string of the molecule is O=C(CN1C(=O)C(=C2SC(=S)N(Cc3ccccc3Cl)C2=O)c2ccccc21)Nc1cccc(Cl)c1. The van der Waals surface area contributed by atoms with E-state index in [9.17, 15) is 14.4 Å². The van der Waals surface area contributed by atoms with Crippen LogP contribution in [0.1, 0.15) is 11.1 Å². The molecular weight excluding hydrogens is 537 g/mol. The molecule has 0 atom stereocenters. The van der Waals surface area contributed by atoms with Gasteiger partial charge < -0.3 is 5.32 Å². The molecule has 3 aromatic rings. The van der Waals surface area contributed by atoms with Gasteiger partial charge in [-0.2, -0.15) is 0 Å². The number of thiocarbonyl (C=S) groups is 1. The number of amides is 3. The molecular formula is C26H17Cl2N3O3S2. The molecule has 3 amide bonds. The third-order valence-corrected chi connectivity index (χ3v) is 7.75. The highest BCUT2D eigenvalue weighted by molar-refractivity contribution is 8.26. The number of para-hydroxylation sites is 1. The van der Waals surface area contributed by atoms with E-state index in [1.54, 1.807) is 54.6 Å². The lowest BCUT2D eigenvalue weighted by atomic mass is 10.1. The smallest absolute Gasteiger partial charge is 0.267 e. The number of thioether (sulfide) groups is 1. The van der Waals surface area contributed by atoms with Crippen molar-refractivity contribution in [3.63, 3.8) is 0 Å². The van der Waals surface area contributed by atoms with Crippen molar-refractivity contribution in [3.8, 4) is 0 Å². The quantitative estimate of drug-likeness (QED) is 0.321. The first-order valence-corrected chi connectivity index (χ1v) is 12.8. The van der Waals surface area contributed by atoms with E-state index in [0.717, 1.165) is 17.3 Å². The van der Waals surface area contributed by atoms with Crippen LogP contribution in [0, 0.1) is 0 Å². The minimum atomic E-state index is -0.435. The first kappa shape index (κ1) is 24.5. The summed E-state index contributed by atoms with van der Waals surface area (Å²) in [7, 11) is 0. The number of fused-ring (bicyclic) bond motifs is 1. The number of nitrogens with zero attached hydrogens (tertiary/aromatic N) is 2. The molecule has 0 radical (unpaired) electrons. The molecule has 0 aromatic heterocycles. The fourth-order valence-corrected chi connectivity index (χ4v) is 5.76. The molecule has 2 aliphatic heterocycles. The molecule has 1 N–H and O–H groups in total. The zero-order valence-corrected chi connectivity index (χ0v) is 21.7. The molecule has 0 unspecified atom stereocenters. The molecule has 0 spiro atoms. The molecule has 10 heteroatoms. The molecule has 5 rings (SSSR count). The van der Waals surface area contributed by atoms with Gasteiger partial charge in [0.05, 0.1) is 22.7 Å². The first-order chi connectivity index (χ1) is 17.3. The number of rotatable bonds is 5. The van der Waals surface area contributed by atoms with Crippen molar-refractivity contribution < 1.29 is 14.4 Å². The summed E-state index contributed by atoms with van der Waals surface area (Å²) < 4.78 is 0.338. The van der Waals surface area contributed by atoms with Crippen LogP contribution in [-0.2, 0) is 20.9 Å². The Kier molecular flexibility index (Phi) is 6.85. The molecule has 2 heterocycles. The summed E-state index contributed by atoms with van der Waals surface area (Å²) in [6.07, 6.45) is 0. The van der Waals surface area contributed by atoms with Gasteiger partial charge in [-0.25, -0.2) is 0 Å². The van der Waals surface area contributed by atoms with Crippen molar-refractivity contribution >= 4 is 86.2 Å². The van der Waals surface area contributed by atoms with Gasteiger partial charge in [0.1, 0.15) is 10.9 Å². The molecule has 3 aromatic carbocycles. The van der Waals surface area contributed by atoms with E-state index in [2.05, 4.69) is 5.32 Å². The van der Waals surface area contributed by atoms with Gasteiger partial charge in [0.25, 0.3) is 11.8 Å². The second-order valence-corrected chi connectivity index (χ2v) is 10.5. The van der Waals surface area contributed by atoms with Crippen molar-refractivity contribution in [2.75, 3.05) is 16.8 Å². The largest absolute Gasteiger partial charge is 0.324 e. The number of benzene rings is 3. The zero-order chi connectivity index (χ0) is 25.4. The molecule has 1 saturated heterocycles. The van der Waals surface area contributed by atoms with Crippen LogP contribution in [0.25, 0.3) is 5.57 Å². The van der Waals surface area contributed by atoms with Crippen LogP contribution in [0.15, 0.2) is 77.7 Å². The first-order valence-electron chi connectivity index (χ1n) is 10.8. The second kappa shape index (κ2) is 10.1. The van der Waals surface area contributed by atoms with Crippen LogP contribution in [0.5, 0.6) is 0 Å². The van der Waals surface area contributed by atoms with E-state index in [-0.39, 0.29) is 29.5 Å². The van der Waals surface area contributed by atoms with Crippen molar-refractivity contribution in [1.82, 2.24) is 4.90 Å². The van der Waals surface area contributed by atoms with Crippen molar-refractivity contribution in [3.05, 3.63) is 98.9 Å². The van der Waals surface area contributed by atoms with Gasteiger partial charge in [0.2, 0.25) is 5.91 Å². The summed E-state index contributed by atoms with van der Waals surface area (Å²) in [6, 6.07) is 21.0. The molecule has 36 heavy (non-hydrogen) atoms. The molecule has 1 fully saturated rings. The Morgan fingerprint density at radius 3 is 2.44 bits per heavy atom. The van der Waals surface area contributed by atoms with E-state index in [1.807, 2.05) is 18.2 Å². The minimum absolute atomic E-state index is 0.197. The number of hydrogen-bond acceptors (Lipinski definition) is 5. The van der Waals surface area contributed by atoms with E-state index < -0.39 is 11.8 Å². The Morgan fingerprint density at radius 2 is 1.67 bits per heavy atom. The summed E-state index contributed by atoms with van der Waals surface area (Å²) in [5, 5.41) is 3.76. The second-order valence-electron chi connectivity index (χ2n) is 8.02. The fourth-order valence-electron chi connectivity index (χ4n) is 4.05. The lowest BCUT2D eigenvalue weighted by Crippen LogP contribution is -2.35. The normalized spacial score (nSPS) is 17.1. The van der Waals surface area contributed by atoms with Gasteiger partial charge in [-0.05, 0) is 35.9 Å². The summed E-state index contributed by atoms with van der Waals surface area (Å²) in [6.45, 7) is -0.0332. The number of carbonyl (C=O) groups is 3. The van der Waals surface area contributed by atoms with Gasteiger partial charge in [0, 0.05) is 21.3 Å². The Labute approximate surface area is 226 Å². The molecule has 2 aliphatic rings. The summed E-state index contributed by atoms with van der Waals surface area (Å²) in [5.74, 6) is -1.20. The summed E-state index contributed by atoms with van der Waals surface area (Å²) in [4.78, 5) is 42.8. The van der Waals surface area contributed by atoms with Gasteiger partial charge in [-0.1, -0.05) is 89.6 Å². The molecule has 6 nitrogen and oxygen atoms in total. The van der Waals surface area contributed by atoms with E-state index >= 15 is 0 Å². The molecule has 0 aliphatic carbocycles. The van der Waals surface area contributed by atoms with Crippen LogP contribution in [0.3, 0.4) is 0 Å². The molecule has 0 saturated carbocycles. The van der Waals surface area contributed by atoms with Crippen LogP contribution in [0.4, 0.5) is 11.4 Å². The average Bonchev–Trinajstić information content (AvgIpc) is 3.27. The Bertz CT molecular complexity index is 1470. The number of halogens is 2. The van der Waals surface area contributed by atoms with E-state index in [1.165, 1.54) is 9.80 Å². The van der Waals surface area contributed by atoms with Crippen LogP contribution in [-0.4, -0.2) is 33.5 Å². The third kappa shape index (κ3) is 4.65. The summed E-state index contributed by atoms with van der Waals surface area (Å²) in [5.41, 5.74) is 2.64. The third-order valence-electron chi connectivity index (χ3n) is 5.70. The Morgan fingerprint density at radius 1 is 0.917 bits per heavy atom. The lowest BCUT2D eigenvalue weighted by Gasteiger charge is -2.17. The van der Waals surface area contributed by atoms with Crippen molar-refractivity contribution in [1.29, 1.82) is 0 Å². The van der Waals surface area contributed by atoms with Gasteiger partial charge in [-0.15, -0.1) is 0 Å². The monoisotopic (exact) mass is 553 g/mol. The van der Waals surface area contributed by atoms with E-state index in [0.29, 0.717) is 31.3 Å². The average molecular weight is 554 g/mol. The number of hydrogen-bond donors (Lipinski definition) is 1. The zero-order valence-electron chi connectivity index (χ0n) is 18.5. The highest BCUT2D eigenvalue weighted by atomic mass is 35.5. The lowest BCUT2D eigenvalue weighted by molar-refractivity contribution is -0.122. The van der Waals surface area contributed by atoms with Crippen LogP contribution >= 0.6 is 47.2 Å². The standard InChI is InChI=1S/C26H17Cl2N3O3S2/c27-16-7-5-8-17(12-16)29-21(32)14-30-20-11-4-2-9-18(20)22(24(30)33)23-25(34)31(26(35)36-23)13-15-6-1-3-10-19(15)28/h1-12H,13-14H2,(H,29,32). The number of nitrogens with one attached hydrogen (secondary N) is 1. The van der Waals surface area contributed by atoms with Gasteiger partial charge in [-0.3, -0.25) is 24.2 Å². The minimum Gasteiger partial charge on any atom is -0.324 e. The van der Waals surface area contributed by atoms with Crippen LogP contribution in [0.2, 0.25) is 10.0 Å². The highest BCUT2D eigenvalue weighted by Gasteiger charge is 2.42. The molecule has 0 bridgehead atoms. The molecule has 180 valence electrons. The number of carbonyl (C=O) groups excluding carboxylic acids is 3. The maximum atomic E-state index is 13.6. The van der Waals surface area contributed by atoms with Crippen LogP contribution < -0.4 is 10.2 Å². The maximum Gasteiger partial charge on any atom is 0.267 e. The van der Waals surface area contributed by atoms with Gasteiger partial charge in [0.15, 0.2) is 0 Å².